The van der Waals surface area contributed by atoms with E-state index in [1.807, 2.05) is 19.2 Å². The second-order valence-electron chi connectivity index (χ2n) is 9.83. The number of hydrogen-bond donors (Lipinski definition) is 2. The number of rotatable bonds is 5. The number of carbonyl (C=O) groups excluding carboxylic acids is 3. The smallest absolute Gasteiger partial charge is 0.255 e. The number of tetrazole rings is 1. The van der Waals surface area contributed by atoms with Crippen LogP contribution in [-0.4, -0.2) is 48.9 Å². The number of nitrogens with one attached hydrogen (secondary N) is 2. The van der Waals surface area contributed by atoms with Crippen LogP contribution in [0.25, 0.3) is 0 Å². The van der Waals surface area contributed by atoms with Crippen LogP contribution < -0.4 is 10.6 Å². The maximum Gasteiger partial charge on any atom is 0.255 e. The van der Waals surface area contributed by atoms with Gasteiger partial charge in [-0.2, -0.15) is 0 Å². The first-order valence-electron chi connectivity index (χ1n) is 11.7. The number of aromatic nitrogens is 4. The quantitative estimate of drug-likeness (QED) is 0.647. The van der Waals surface area contributed by atoms with Gasteiger partial charge in [0.05, 0.1) is 5.54 Å². The van der Waals surface area contributed by atoms with E-state index in [1.165, 1.54) is 19.3 Å². The van der Waals surface area contributed by atoms with Gasteiger partial charge in [-0.25, -0.2) is 4.68 Å². The highest BCUT2D eigenvalue weighted by Gasteiger charge is 2.55. The van der Waals surface area contributed by atoms with Crippen LogP contribution in [0.1, 0.15) is 65.8 Å². The van der Waals surface area contributed by atoms with E-state index in [4.69, 9.17) is 0 Å². The number of carbonyl (C=O) groups is 3. The molecule has 3 amide bonds. The first-order chi connectivity index (χ1) is 16.0. The number of amides is 3. The molecule has 172 valence electrons. The van der Waals surface area contributed by atoms with Crippen LogP contribution in [0, 0.1) is 11.8 Å². The van der Waals surface area contributed by atoms with Gasteiger partial charge in [0.25, 0.3) is 5.91 Å². The predicted molar refractivity (Wildman–Crippen MR) is 115 cm³/mol. The minimum absolute atomic E-state index is 0.145. The van der Waals surface area contributed by atoms with Gasteiger partial charge < -0.3 is 10.2 Å². The molecule has 1 aromatic heterocycles. The fourth-order valence-corrected chi connectivity index (χ4v) is 6.34. The summed E-state index contributed by atoms with van der Waals surface area (Å²) in [5, 5.41) is 18.5. The molecule has 1 saturated heterocycles. The summed E-state index contributed by atoms with van der Waals surface area (Å²) in [5.74, 6) is 1.37. The molecule has 2 N–H and O–H groups in total. The normalized spacial score (nSPS) is 30.8. The lowest BCUT2D eigenvalue weighted by atomic mass is 9.69. The second-order valence-corrected chi connectivity index (χ2v) is 9.83. The summed E-state index contributed by atoms with van der Waals surface area (Å²) in [6.07, 6.45) is 5.29. The molecule has 6 rings (SSSR count). The third-order valence-corrected chi connectivity index (χ3v) is 8.17. The van der Waals surface area contributed by atoms with Crippen molar-refractivity contribution in [3.8, 4) is 0 Å². The summed E-state index contributed by atoms with van der Waals surface area (Å²) in [7, 11) is 1.90. The van der Waals surface area contributed by atoms with E-state index in [9.17, 15) is 14.4 Å². The Morgan fingerprint density at radius 3 is 2.76 bits per heavy atom. The first-order valence-corrected chi connectivity index (χ1v) is 11.7. The predicted octanol–water partition coefficient (Wildman–Crippen LogP) is 0.776. The van der Waals surface area contributed by atoms with E-state index < -0.39 is 6.04 Å². The molecule has 2 saturated carbocycles. The van der Waals surface area contributed by atoms with Gasteiger partial charge in [0, 0.05) is 32.1 Å². The number of fused-ring (bicyclic) bond motifs is 2. The first kappa shape index (κ1) is 20.5. The molecular weight excluding hydrogens is 422 g/mol. The summed E-state index contributed by atoms with van der Waals surface area (Å²) < 4.78 is 1.78. The summed E-state index contributed by atoms with van der Waals surface area (Å²) in [4.78, 5) is 38.3. The molecule has 2 aromatic rings. The van der Waals surface area contributed by atoms with Crippen LogP contribution in [-0.2, 0) is 35.3 Å². The molecule has 0 spiro atoms. The number of hydrogen-bond acceptors (Lipinski definition) is 7. The van der Waals surface area contributed by atoms with Crippen LogP contribution in [0.2, 0.25) is 0 Å². The fraction of sp³-hybridized carbons (Fsp3) is 0.565. The summed E-state index contributed by atoms with van der Waals surface area (Å²) in [6.45, 7) is 1.04. The van der Waals surface area contributed by atoms with Crippen LogP contribution in [0.5, 0.6) is 0 Å². The number of piperidine rings is 1. The minimum atomic E-state index is -0.593. The van der Waals surface area contributed by atoms with E-state index in [-0.39, 0.29) is 29.7 Å². The second kappa shape index (κ2) is 7.44. The van der Waals surface area contributed by atoms with Crippen molar-refractivity contribution in [1.82, 2.24) is 35.7 Å². The van der Waals surface area contributed by atoms with Crippen molar-refractivity contribution in [1.29, 1.82) is 0 Å². The molecule has 0 bridgehead atoms. The summed E-state index contributed by atoms with van der Waals surface area (Å²) in [5.41, 5.74) is 2.42. The number of aryl methyl sites for hydroxylation is 1. The van der Waals surface area contributed by atoms with E-state index >= 15 is 0 Å². The molecule has 1 aromatic carbocycles. The summed E-state index contributed by atoms with van der Waals surface area (Å²) in [6, 6.07) is 5.30. The third kappa shape index (κ3) is 3.11. The van der Waals surface area contributed by atoms with Gasteiger partial charge in [0.2, 0.25) is 11.8 Å². The van der Waals surface area contributed by atoms with Crippen LogP contribution >= 0.6 is 0 Å². The molecule has 0 radical (unpaired) electrons. The van der Waals surface area contributed by atoms with Gasteiger partial charge in [-0.05, 0) is 71.6 Å². The average Bonchev–Trinajstić information content (AvgIpc) is 3.41. The van der Waals surface area contributed by atoms with Gasteiger partial charge in [-0.15, -0.1) is 5.10 Å². The van der Waals surface area contributed by atoms with Gasteiger partial charge in [0.15, 0.2) is 5.82 Å². The molecule has 2 unspecified atom stereocenters. The zero-order chi connectivity index (χ0) is 22.7. The van der Waals surface area contributed by atoms with Crippen LogP contribution in [0.4, 0.5) is 0 Å². The van der Waals surface area contributed by atoms with Crippen LogP contribution in [0.15, 0.2) is 18.2 Å². The molecule has 10 heteroatoms. The molecule has 4 atom stereocenters. The lowest BCUT2D eigenvalue weighted by molar-refractivity contribution is -0.136. The maximum absolute atomic E-state index is 13.0. The standard InChI is InChI=1S/C23H27N7O3/c1-29-22(26-27-28-29)23(9-8-14-3-5-17(14)23)24-11-13-2-4-16-15(10-13)12-30(21(16)33)18-6-7-19(31)25-20(18)32/h2,4,10,14,17-18,24H,3,5-9,11-12H2,1H3,(H,25,31,32)/t14-,17-,18?,23?/m0/s1. The van der Waals surface area contributed by atoms with Crippen molar-refractivity contribution < 1.29 is 14.4 Å². The Labute approximate surface area is 191 Å². The highest BCUT2D eigenvalue weighted by molar-refractivity contribution is 6.05. The Morgan fingerprint density at radius 1 is 1.18 bits per heavy atom. The molecule has 3 fully saturated rings. The number of nitrogens with zero attached hydrogens (tertiary/aromatic N) is 5. The Hall–Kier alpha value is -3.14. The van der Waals surface area contributed by atoms with Crippen molar-refractivity contribution >= 4 is 17.7 Å². The van der Waals surface area contributed by atoms with Crippen molar-refractivity contribution in [2.45, 2.75) is 63.2 Å². The van der Waals surface area contributed by atoms with Gasteiger partial charge in [-0.3, -0.25) is 19.7 Å². The SMILES string of the molecule is Cn1nnnc1C1(NCc2ccc3c(c2)CN(C2CCC(=O)NC2=O)C3=O)CC[C@@H]2CC[C@@H]21. The molecule has 3 heterocycles. The van der Waals surface area contributed by atoms with Gasteiger partial charge >= 0.3 is 0 Å². The van der Waals surface area contributed by atoms with E-state index in [0.717, 1.165) is 29.3 Å². The van der Waals surface area contributed by atoms with E-state index in [1.54, 1.807) is 9.58 Å². The topological polar surface area (TPSA) is 122 Å². The van der Waals surface area contributed by atoms with Crippen molar-refractivity contribution in [3.63, 3.8) is 0 Å². The molecule has 2 aliphatic carbocycles. The van der Waals surface area contributed by atoms with Crippen molar-refractivity contribution in [3.05, 3.63) is 40.7 Å². The molecular formula is C23H27N7O3. The minimum Gasteiger partial charge on any atom is -0.322 e. The van der Waals surface area contributed by atoms with Crippen molar-refractivity contribution in [2.75, 3.05) is 0 Å². The van der Waals surface area contributed by atoms with Gasteiger partial charge in [-0.1, -0.05) is 12.1 Å². The largest absolute Gasteiger partial charge is 0.322 e. The monoisotopic (exact) mass is 449 g/mol. The maximum atomic E-state index is 13.0. The lowest BCUT2D eigenvalue weighted by Gasteiger charge is -2.42. The molecule has 10 nitrogen and oxygen atoms in total. The fourth-order valence-electron chi connectivity index (χ4n) is 6.34. The highest BCUT2D eigenvalue weighted by Crippen LogP contribution is 2.56. The number of imide groups is 1. The molecule has 2 aliphatic heterocycles. The Kier molecular flexibility index (Phi) is 4.62. The number of benzene rings is 1. The zero-order valence-electron chi connectivity index (χ0n) is 18.6. The zero-order valence-corrected chi connectivity index (χ0v) is 18.6. The van der Waals surface area contributed by atoms with E-state index in [2.05, 4.69) is 32.2 Å². The van der Waals surface area contributed by atoms with E-state index in [0.29, 0.717) is 31.0 Å². The summed E-state index contributed by atoms with van der Waals surface area (Å²) >= 11 is 0. The van der Waals surface area contributed by atoms with Gasteiger partial charge in [0.1, 0.15) is 6.04 Å². The Balaban J connectivity index is 1.21. The molecule has 33 heavy (non-hydrogen) atoms. The Morgan fingerprint density at radius 2 is 2.06 bits per heavy atom. The van der Waals surface area contributed by atoms with Crippen molar-refractivity contribution in [2.24, 2.45) is 18.9 Å². The van der Waals surface area contributed by atoms with Crippen LogP contribution in [0.3, 0.4) is 0 Å². The highest BCUT2D eigenvalue weighted by atomic mass is 16.2. The molecule has 4 aliphatic rings. The Bertz CT molecular complexity index is 1160. The average molecular weight is 450 g/mol. The lowest BCUT2D eigenvalue weighted by Crippen LogP contribution is -2.52. The third-order valence-electron chi connectivity index (χ3n) is 8.17.